The lowest BCUT2D eigenvalue weighted by Gasteiger charge is -2.31. The summed E-state index contributed by atoms with van der Waals surface area (Å²) in [6.45, 7) is 4.76. The molecule has 0 atom stereocenters. The molecule has 0 amide bonds. The van der Waals surface area contributed by atoms with Crippen LogP contribution in [-0.4, -0.2) is 40.7 Å². The number of alkyl halides is 2. The van der Waals surface area contributed by atoms with Crippen molar-refractivity contribution >= 4 is 29.5 Å². The molecule has 1 aliphatic heterocycles. The molecule has 3 heterocycles. The van der Waals surface area contributed by atoms with Crippen molar-refractivity contribution in [2.24, 2.45) is 5.92 Å². The Bertz CT molecular complexity index is 1010. The minimum atomic E-state index is -2.49. The highest BCUT2D eigenvalue weighted by molar-refractivity contribution is 7.99. The molecule has 4 rings (SSSR count). The van der Waals surface area contributed by atoms with E-state index in [0.29, 0.717) is 34.7 Å². The number of ether oxygens (including phenoxy) is 1. The van der Waals surface area contributed by atoms with E-state index in [1.54, 1.807) is 30.2 Å². The number of aromatic nitrogens is 3. The number of anilines is 1. The van der Waals surface area contributed by atoms with Crippen LogP contribution in [0, 0.1) is 5.92 Å². The monoisotopic (exact) mass is 480 g/mol. The van der Waals surface area contributed by atoms with Crippen molar-refractivity contribution in [3.63, 3.8) is 0 Å². The minimum absolute atomic E-state index is 0.429. The van der Waals surface area contributed by atoms with Crippen LogP contribution in [-0.2, 0) is 12.3 Å². The van der Waals surface area contributed by atoms with E-state index in [1.807, 2.05) is 18.2 Å². The van der Waals surface area contributed by atoms with Crippen LogP contribution >= 0.6 is 23.5 Å². The van der Waals surface area contributed by atoms with Crippen LogP contribution in [0.1, 0.15) is 31.1 Å². The Labute approximate surface area is 194 Å². The van der Waals surface area contributed by atoms with Crippen molar-refractivity contribution in [3.05, 3.63) is 47.9 Å². The molecular formula is C22H26F2N4O2S2. The number of rotatable bonds is 9. The lowest BCUT2D eigenvalue weighted by Crippen LogP contribution is -2.35. The summed E-state index contributed by atoms with van der Waals surface area (Å²) >= 11 is 2.05. The highest BCUT2D eigenvalue weighted by Crippen LogP contribution is 2.36. The summed E-state index contributed by atoms with van der Waals surface area (Å²) in [5.74, 6) is 1.01. The maximum absolute atomic E-state index is 12.8. The normalized spacial score (nSPS) is 15.0. The highest BCUT2D eigenvalue weighted by Gasteiger charge is 2.23. The smallest absolute Gasteiger partial charge is 0.289 e. The predicted octanol–water partition coefficient (Wildman–Crippen LogP) is 5.77. The summed E-state index contributed by atoms with van der Waals surface area (Å²) in [4.78, 5) is 2.72. The topological polar surface area (TPSA) is 56.3 Å². The fourth-order valence-electron chi connectivity index (χ4n) is 3.67. The Balaban J connectivity index is 1.53. The molecule has 0 unspecified atom stereocenters. The predicted molar refractivity (Wildman–Crippen MR) is 123 cm³/mol. The molecule has 6 nitrogen and oxygen atoms in total. The van der Waals surface area contributed by atoms with Gasteiger partial charge in [0.1, 0.15) is 11.5 Å². The van der Waals surface area contributed by atoms with Crippen LogP contribution in [0.25, 0.3) is 0 Å². The van der Waals surface area contributed by atoms with Gasteiger partial charge in [-0.1, -0.05) is 36.5 Å². The molecule has 0 bridgehead atoms. The molecule has 1 saturated heterocycles. The van der Waals surface area contributed by atoms with Crippen molar-refractivity contribution in [2.75, 3.05) is 25.1 Å². The first-order valence-electron chi connectivity index (χ1n) is 10.5. The summed E-state index contributed by atoms with van der Waals surface area (Å²) in [6.07, 6.45) is 3.94. The zero-order chi connectivity index (χ0) is 22.5. The van der Waals surface area contributed by atoms with Gasteiger partial charge in [-0.3, -0.25) is 4.57 Å². The van der Waals surface area contributed by atoms with Gasteiger partial charge in [-0.25, -0.2) is 0 Å². The molecule has 172 valence electrons. The van der Waals surface area contributed by atoms with E-state index in [-0.39, 0.29) is 0 Å². The van der Waals surface area contributed by atoms with E-state index in [9.17, 15) is 8.78 Å². The first-order chi connectivity index (χ1) is 15.5. The van der Waals surface area contributed by atoms with Crippen molar-refractivity contribution in [1.29, 1.82) is 0 Å². The van der Waals surface area contributed by atoms with E-state index in [4.69, 9.17) is 9.15 Å². The molecule has 0 N–H and O–H groups in total. The van der Waals surface area contributed by atoms with E-state index < -0.39 is 5.76 Å². The van der Waals surface area contributed by atoms with Crippen molar-refractivity contribution in [3.8, 4) is 5.75 Å². The van der Waals surface area contributed by atoms with Crippen LogP contribution in [0.4, 0.5) is 14.7 Å². The van der Waals surface area contributed by atoms with Crippen LogP contribution in [0.2, 0.25) is 0 Å². The molecule has 32 heavy (non-hydrogen) atoms. The number of halogens is 2. The number of hydrogen-bond acceptors (Lipinski definition) is 7. The second-order valence-electron chi connectivity index (χ2n) is 7.77. The molecule has 1 aromatic carbocycles. The van der Waals surface area contributed by atoms with Gasteiger partial charge in [-0.2, -0.15) is 8.78 Å². The second kappa shape index (κ2) is 10.6. The van der Waals surface area contributed by atoms with E-state index in [2.05, 4.69) is 26.6 Å². The summed E-state index contributed by atoms with van der Waals surface area (Å²) < 4.78 is 38.5. The standard InChI is InChI=1S/C22H26F2N4O2S2/c1-15-7-9-27(10-8-15)21-25-26-22(28(21)13-17-4-3-11-30-17)31-14-16-5-6-19(32-20(23)24)18(12-16)29-2/h3-6,11-12,15,20H,7-10,13-14H2,1-2H3. The molecule has 0 spiro atoms. The van der Waals surface area contributed by atoms with Gasteiger partial charge < -0.3 is 14.1 Å². The van der Waals surface area contributed by atoms with Gasteiger partial charge in [-0.05, 0) is 48.6 Å². The maximum atomic E-state index is 12.8. The number of piperidine rings is 1. The number of nitrogens with zero attached hydrogens (tertiary/aromatic N) is 4. The van der Waals surface area contributed by atoms with Crippen molar-refractivity contribution < 1.29 is 17.9 Å². The SMILES string of the molecule is COc1cc(CSc2nnc(N3CCC(C)CC3)n2Cc2ccco2)ccc1SC(F)F. The summed E-state index contributed by atoms with van der Waals surface area (Å²) in [6, 6.07) is 9.15. The van der Waals surface area contributed by atoms with Gasteiger partial charge in [0.05, 0.1) is 24.8 Å². The summed E-state index contributed by atoms with van der Waals surface area (Å²) in [7, 11) is 1.49. The number of methoxy groups -OCH3 is 1. The maximum Gasteiger partial charge on any atom is 0.289 e. The number of hydrogen-bond donors (Lipinski definition) is 0. The Kier molecular flexibility index (Phi) is 7.62. The van der Waals surface area contributed by atoms with Gasteiger partial charge in [0, 0.05) is 18.8 Å². The average molecular weight is 481 g/mol. The molecule has 1 fully saturated rings. The van der Waals surface area contributed by atoms with Crippen LogP contribution in [0.15, 0.2) is 51.1 Å². The molecule has 3 aromatic rings. The quantitative estimate of drug-likeness (QED) is 0.360. The summed E-state index contributed by atoms with van der Waals surface area (Å²) in [5, 5.41) is 9.76. The van der Waals surface area contributed by atoms with E-state index in [0.717, 1.165) is 54.3 Å². The molecule has 0 radical (unpaired) electrons. The Morgan fingerprint density at radius 3 is 2.72 bits per heavy atom. The largest absolute Gasteiger partial charge is 0.496 e. The van der Waals surface area contributed by atoms with Gasteiger partial charge >= 0.3 is 0 Å². The third kappa shape index (κ3) is 5.58. The average Bonchev–Trinajstić information content (AvgIpc) is 3.44. The lowest BCUT2D eigenvalue weighted by atomic mass is 10.00. The molecule has 0 aliphatic carbocycles. The highest BCUT2D eigenvalue weighted by atomic mass is 32.2. The molecule has 2 aromatic heterocycles. The molecular weight excluding hydrogens is 454 g/mol. The lowest BCUT2D eigenvalue weighted by molar-refractivity contribution is 0.251. The van der Waals surface area contributed by atoms with Crippen LogP contribution in [0.3, 0.4) is 0 Å². The third-order valence-electron chi connectivity index (χ3n) is 5.47. The first-order valence-corrected chi connectivity index (χ1v) is 12.3. The van der Waals surface area contributed by atoms with E-state index >= 15 is 0 Å². The zero-order valence-corrected chi connectivity index (χ0v) is 19.7. The fourth-order valence-corrected chi connectivity index (χ4v) is 5.14. The van der Waals surface area contributed by atoms with Crippen LogP contribution in [0.5, 0.6) is 5.75 Å². The molecule has 0 saturated carbocycles. The van der Waals surface area contributed by atoms with Crippen molar-refractivity contribution in [1.82, 2.24) is 14.8 Å². The Morgan fingerprint density at radius 2 is 2.03 bits per heavy atom. The number of benzene rings is 1. The molecule has 10 heteroatoms. The minimum Gasteiger partial charge on any atom is -0.496 e. The Hall–Kier alpha value is -2.20. The summed E-state index contributed by atoms with van der Waals surface area (Å²) in [5.41, 5.74) is 0.964. The number of thioether (sulfide) groups is 2. The van der Waals surface area contributed by atoms with E-state index in [1.165, 1.54) is 7.11 Å². The number of furan rings is 1. The van der Waals surface area contributed by atoms with Gasteiger partial charge in [0.15, 0.2) is 5.16 Å². The van der Waals surface area contributed by atoms with Crippen LogP contribution < -0.4 is 9.64 Å². The van der Waals surface area contributed by atoms with Gasteiger partial charge in [-0.15, -0.1) is 10.2 Å². The molecule has 1 aliphatic rings. The third-order valence-corrected chi connectivity index (χ3v) is 7.28. The fraction of sp³-hybridized carbons (Fsp3) is 0.455. The van der Waals surface area contributed by atoms with Gasteiger partial charge in [0.2, 0.25) is 5.95 Å². The zero-order valence-electron chi connectivity index (χ0n) is 18.0. The van der Waals surface area contributed by atoms with Crippen molar-refractivity contribution in [2.45, 2.75) is 47.9 Å². The Morgan fingerprint density at radius 1 is 1.22 bits per heavy atom. The van der Waals surface area contributed by atoms with Gasteiger partial charge in [0.25, 0.3) is 5.76 Å². The first kappa shape index (κ1) is 23.0. The second-order valence-corrected chi connectivity index (χ2v) is 9.74.